The number of pyridine rings is 1. The van der Waals surface area contributed by atoms with Gasteiger partial charge in [-0.15, -0.1) is 0 Å². The Hall–Kier alpha value is -2.95. The van der Waals surface area contributed by atoms with Crippen LogP contribution >= 0.6 is 0 Å². The SMILES string of the molecule is CC(=CC(=O)Nc1cccc(C(=O)Nc2ccccn2)c1)C1CC1. The number of carbonyl (C=O) groups is 2. The van der Waals surface area contributed by atoms with Gasteiger partial charge in [-0.3, -0.25) is 9.59 Å². The van der Waals surface area contributed by atoms with Gasteiger partial charge in [0.15, 0.2) is 0 Å². The zero-order valence-corrected chi connectivity index (χ0v) is 13.5. The standard InChI is InChI=1S/C19H19N3O2/c1-13(14-8-9-14)11-18(23)21-16-6-4-5-15(12-16)19(24)22-17-7-2-3-10-20-17/h2-7,10-12,14H,8-9H2,1H3,(H,21,23)(H,20,22,24). The van der Waals surface area contributed by atoms with Crippen LogP contribution < -0.4 is 10.6 Å². The molecule has 3 rings (SSSR count). The maximum absolute atomic E-state index is 12.3. The fourth-order valence-electron chi connectivity index (χ4n) is 2.41. The molecule has 5 nitrogen and oxygen atoms in total. The molecule has 0 aliphatic heterocycles. The molecule has 0 bridgehead atoms. The minimum absolute atomic E-state index is 0.165. The number of nitrogens with zero attached hydrogens (tertiary/aromatic N) is 1. The van der Waals surface area contributed by atoms with Crippen LogP contribution in [0, 0.1) is 5.92 Å². The highest BCUT2D eigenvalue weighted by Gasteiger charge is 2.23. The average Bonchev–Trinajstić information content (AvgIpc) is 3.41. The van der Waals surface area contributed by atoms with Gasteiger partial charge >= 0.3 is 0 Å². The molecule has 2 amide bonds. The molecular weight excluding hydrogens is 302 g/mol. The number of allylic oxidation sites excluding steroid dienone is 1. The van der Waals surface area contributed by atoms with E-state index in [1.54, 1.807) is 54.7 Å². The van der Waals surface area contributed by atoms with Gasteiger partial charge in [0.25, 0.3) is 5.91 Å². The Morgan fingerprint density at radius 3 is 2.67 bits per heavy atom. The Bertz CT molecular complexity index is 780. The molecule has 2 N–H and O–H groups in total. The number of amides is 2. The van der Waals surface area contributed by atoms with Crippen LogP contribution in [0.1, 0.15) is 30.1 Å². The molecule has 1 saturated carbocycles. The van der Waals surface area contributed by atoms with Crippen molar-refractivity contribution < 1.29 is 9.59 Å². The van der Waals surface area contributed by atoms with Crippen LogP contribution in [0.5, 0.6) is 0 Å². The molecule has 0 unspecified atom stereocenters. The van der Waals surface area contributed by atoms with E-state index < -0.39 is 0 Å². The van der Waals surface area contributed by atoms with Crippen LogP contribution in [0.4, 0.5) is 11.5 Å². The van der Waals surface area contributed by atoms with Crippen molar-refractivity contribution in [3.05, 3.63) is 65.9 Å². The summed E-state index contributed by atoms with van der Waals surface area (Å²) in [6, 6.07) is 12.1. The van der Waals surface area contributed by atoms with Gasteiger partial charge in [-0.25, -0.2) is 4.98 Å². The van der Waals surface area contributed by atoms with E-state index in [9.17, 15) is 9.59 Å². The molecular formula is C19H19N3O2. The summed E-state index contributed by atoms with van der Waals surface area (Å²) in [4.78, 5) is 28.3. The number of benzene rings is 1. The third-order valence-corrected chi connectivity index (χ3v) is 3.88. The fraction of sp³-hybridized carbons (Fsp3) is 0.211. The summed E-state index contributed by atoms with van der Waals surface area (Å²) in [6.45, 7) is 1.98. The number of rotatable bonds is 5. The predicted molar refractivity (Wildman–Crippen MR) is 93.7 cm³/mol. The van der Waals surface area contributed by atoms with Crippen LogP contribution in [0.25, 0.3) is 0 Å². The molecule has 0 saturated heterocycles. The van der Waals surface area contributed by atoms with Gasteiger partial charge in [0.05, 0.1) is 0 Å². The van der Waals surface area contributed by atoms with E-state index in [4.69, 9.17) is 0 Å². The number of nitrogens with one attached hydrogen (secondary N) is 2. The molecule has 1 fully saturated rings. The van der Waals surface area contributed by atoms with E-state index >= 15 is 0 Å². The highest BCUT2D eigenvalue weighted by atomic mass is 16.2. The zero-order chi connectivity index (χ0) is 16.9. The summed E-state index contributed by atoms with van der Waals surface area (Å²) in [7, 11) is 0. The Morgan fingerprint density at radius 2 is 1.96 bits per heavy atom. The van der Waals surface area contributed by atoms with Crippen molar-refractivity contribution in [2.24, 2.45) is 5.92 Å². The lowest BCUT2D eigenvalue weighted by Gasteiger charge is -2.07. The van der Waals surface area contributed by atoms with Crippen molar-refractivity contribution >= 4 is 23.3 Å². The molecule has 1 aromatic carbocycles. The molecule has 1 heterocycles. The van der Waals surface area contributed by atoms with Gasteiger partial charge in [-0.2, -0.15) is 0 Å². The second-order valence-electron chi connectivity index (χ2n) is 5.90. The fourth-order valence-corrected chi connectivity index (χ4v) is 2.41. The number of carbonyl (C=O) groups excluding carboxylic acids is 2. The summed E-state index contributed by atoms with van der Waals surface area (Å²) in [5.74, 6) is 0.613. The van der Waals surface area contributed by atoms with E-state index in [1.165, 1.54) is 12.8 Å². The summed E-state index contributed by atoms with van der Waals surface area (Å²) in [6.07, 6.45) is 5.58. The minimum Gasteiger partial charge on any atom is -0.322 e. The van der Waals surface area contributed by atoms with E-state index in [1.807, 2.05) is 6.92 Å². The summed E-state index contributed by atoms with van der Waals surface area (Å²) in [5, 5.41) is 5.52. The Balaban J connectivity index is 1.66. The monoisotopic (exact) mass is 321 g/mol. The number of hydrogen-bond donors (Lipinski definition) is 2. The van der Waals surface area contributed by atoms with Gasteiger partial charge < -0.3 is 10.6 Å². The number of anilines is 2. The van der Waals surface area contributed by atoms with E-state index in [-0.39, 0.29) is 11.8 Å². The van der Waals surface area contributed by atoms with Gasteiger partial charge in [-0.05, 0) is 56.0 Å². The second-order valence-corrected chi connectivity index (χ2v) is 5.90. The van der Waals surface area contributed by atoms with Crippen molar-refractivity contribution in [3.8, 4) is 0 Å². The van der Waals surface area contributed by atoms with Crippen molar-refractivity contribution in [1.29, 1.82) is 0 Å². The van der Waals surface area contributed by atoms with Crippen molar-refractivity contribution in [3.63, 3.8) is 0 Å². The van der Waals surface area contributed by atoms with Crippen LogP contribution in [0.2, 0.25) is 0 Å². The largest absolute Gasteiger partial charge is 0.322 e. The molecule has 1 aliphatic rings. The molecule has 122 valence electrons. The van der Waals surface area contributed by atoms with Crippen molar-refractivity contribution in [2.45, 2.75) is 19.8 Å². The van der Waals surface area contributed by atoms with Gasteiger partial charge in [0, 0.05) is 23.5 Å². The highest BCUT2D eigenvalue weighted by molar-refractivity contribution is 6.05. The maximum Gasteiger partial charge on any atom is 0.256 e. The first-order valence-electron chi connectivity index (χ1n) is 7.93. The lowest BCUT2D eigenvalue weighted by atomic mass is 10.1. The molecule has 1 aliphatic carbocycles. The first-order chi connectivity index (χ1) is 11.6. The molecule has 0 radical (unpaired) electrons. The Kier molecular flexibility index (Phi) is 4.70. The smallest absolute Gasteiger partial charge is 0.256 e. The average molecular weight is 321 g/mol. The zero-order valence-electron chi connectivity index (χ0n) is 13.5. The lowest BCUT2D eigenvalue weighted by molar-refractivity contribution is -0.112. The summed E-state index contributed by atoms with van der Waals surface area (Å²) >= 11 is 0. The lowest BCUT2D eigenvalue weighted by Crippen LogP contribution is -2.14. The topological polar surface area (TPSA) is 71.1 Å². The Labute approximate surface area is 140 Å². The van der Waals surface area contributed by atoms with Crippen LogP contribution in [0.3, 0.4) is 0 Å². The summed E-state index contributed by atoms with van der Waals surface area (Å²) in [5.41, 5.74) is 2.16. The minimum atomic E-state index is -0.269. The van der Waals surface area contributed by atoms with E-state index in [2.05, 4.69) is 15.6 Å². The highest BCUT2D eigenvalue weighted by Crippen LogP contribution is 2.35. The van der Waals surface area contributed by atoms with Crippen LogP contribution in [-0.4, -0.2) is 16.8 Å². The van der Waals surface area contributed by atoms with Crippen LogP contribution in [-0.2, 0) is 4.79 Å². The van der Waals surface area contributed by atoms with Crippen LogP contribution in [0.15, 0.2) is 60.3 Å². The Morgan fingerprint density at radius 1 is 1.12 bits per heavy atom. The predicted octanol–water partition coefficient (Wildman–Crippen LogP) is 3.63. The van der Waals surface area contributed by atoms with Gasteiger partial charge in [-0.1, -0.05) is 17.7 Å². The molecule has 1 aromatic heterocycles. The third-order valence-electron chi connectivity index (χ3n) is 3.88. The molecule has 0 spiro atoms. The number of hydrogen-bond acceptors (Lipinski definition) is 3. The first-order valence-corrected chi connectivity index (χ1v) is 7.93. The van der Waals surface area contributed by atoms with Crippen molar-refractivity contribution in [1.82, 2.24) is 4.98 Å². The first kappa shape index (κ1) is 15.9. The molecule has 5 heteroatoms. The van der Waals surface area contributed by atoms with E-state index in [0.717, 1.165) is 5.57 Å². The van der Waals surface area contributed by atoms with Gasteiger partial charge in [0.2, 0.25) is 5.91 Å². The molecule has 0 atom stereocenters. The summed E-state index contributed by atoms with van der Waals surface area (Å²) < 4.78 is 0. The maximum atomic E-state index is 12.3. The third kappa shape index (κ3) is 4.29. The molecule has 2 aromatic rings. The normalized spacial score (nSPS) is 14.1. The van der Waals surface area contributed by atoms with E-state index in [0.29, 0.717) is 23.0 Å². The van der Waals surface area contributed by atoms with Crippen molar-refractivity contribution in [2.75, 3.05) is 10.6 Å². The molecule has 24 heavy (non-hydrogen) atoms. The second kappa shape index (κ2) is 7.08. The number of aromatic nitrogens is 1. The quantitative estimate of drug-likeness (QED) is 0.826. The van der Waals surface area contributed by atoms with Gasteiger partial charge in [0.1, 0.15) is 5.82 Å².